The second-order valence-electron chi connectivity index (χ2n) is 4.38. The van der Waals surface area contributed by atoms with Crippen molar-refractivity contribution in [2.24, 2.45) is 11.8 Å². The molecule has 0 aliphatic carbocycles. The molecule has 0 aliphatic heterocycles. The minimum Gasteiger partial charge on any atom is -0.480 e. The summed E-state index contributed by atoms with van der Waals surface area (Å²) in [5.74, 6) is 0.317. The summed E-state index contributed by atoms with van der Waals surface area (Å²) >= 11 is 0. The molecule has 0 aromatic carbocycles. The van der Waals surface area contributed by atoms with Crippen molar-refractivity contribution in [3.8, 4) is 0 Å². The van der Waals surface area contributed by atoms with Gasteiger partial charge in [0.25, 0.3) is 0 Å². The Morgan fingerprint density at radius 2 is 1.54 bits per heavy atom. The number of nitrogens with zero attached hydrogens (tertiary/aromatic N) is 1. The molecule has 0 saturated carbocycles. The number of carboxylic acid groups (broad SMARTS) is 1. The molecular formula is C10H21NO2. The quantitative estimate of drug-likeness (QED) is 0.688. The molecule has 3 nitrogen and oxygen atoms in total. The van der Waals surface area contributed by atoms with Crippen molar-refractivity contribution in [2.45, 2.75) is 27.7 Å². The lowest BCUT2D eigenvalue weighted by atomic mass is 10.1. The molecule has 1 N–H and O–H groups in total. The lowest BCUT2D eigenvalue weighted by molar-refractivity contribution is -0.138. The van der Waals surface area contributed by atoms with E-state index >= 15 is 0 Å². The fourth-order valence-corrected chi connectivity index (χ4v) is 1.43. The highest BCUT2D eigenvalue weighted by molar-refractivity contribution is 5.69. The third-order valence-electron chi connectivity index (χ3n) is 1.61. The van der Waals surface area contributed by atoms with E-state index in [1.165, 1.54) is 0 Å². The first-order valence-electron chi connectivity index (χ1n) is 4.86. The average Bonchev–Trinajstić information content (AvgIpc) is 1.80. The van der Waals surface area contributed by atoms with Crippen molar-refractivity contribution in [3.05, 3.63) is 0 Å². The molecule has 0 aromatic heterocycles. The zero-order valence-electron chi connectivity index (χ0n) is 9.08. The minimum atomic E-state index is -0.735. The highest BCUT2D eigenvalue weighted by atomic mass is 16.4. The Kier molecular flexibility index (Phi) is 5.71. The van der Waals surface area contributed by atoms with Crippen molar-refractivity contribution >= 4 is 5.97 Å². The summed E-state index contributed by atoms with van der Waals surface area (Å²) in [6, 6.07) is 0. The Hall–Kier alpha value is -0.570. The molecule has 0 aromatic rings. The number of carbonyl (C=O) groups is 1. The second kappa shape index (κ2) is 5.97. The Balaban J connectivity index is 3.95. The second-order valence-corrected chi connectivity index (χ2v) is 4.38. The standard InChI is InChI=1S/C10H21NO2/c1-8(2)5-11(6-9(3)4)7-10(12)13/h8-9H,5-7H2,1-4H3,(H,12,13). The van der Waals surface area contributed by atoms with Crippen LogP contribution in [0.1, 0.15) is 27.7 Å². The van der Waals surface area contributed by atoms with Gasteiger partial charge in [0.05, 0.1) is 6.54 Å². The molecule has 0 aliphatic rings. The first kappa shape index (κ1) is 12.4. The van der Waals surface area contributed by atoms with Crippen LogP contribution >= 0.6 is 0 Å². The van der Waals surface area contributed by atoms with E-state index in [2.05, 4.69) is 27.7 Å². The third kappa shape index (κ3) is 7.78. The molecule has 0 heterocycles. The molecule has 0 amide bonds. The summed E-state index contributed by atoms with van der Waals surface area (Å²) < 4.78 is 0. The van der Waals surface area contributed by atoms with Crippen LogP contribution in [0.4, 0.5) is 0 Å². The monoisotopic (exact) mass is 187 g/mol. The molecule has 0 bridgehead atoms. The molecule has 0 radical (unpaired) electrons. The summed E-state index contributed by atoms with van der Waals surface area (Å²) in [5, 5.41) is 8.67. The van der Waals surface area contributed by atoms with Crippen LogP contribution in [0.15, 0.2) is 0 Å². The van der Waals surface area contributed by atoms with Crippen LogP contribution in [0.2, 0.25) is 0 Å². The van der Waals surface area contributed by atoms with E-state index in [0.717, 1.165) is 13.1 Å². The minimum absolute atomic E-state index is 0.163. The molecule has 78 valence electrons. The number of rotatable bonds is 6. The lowest BCUT2D eigenvalue weighted by Gasteiger charge is -2.23. The molecule has 0 rings (SSSR count). The van der Waals surface area contributed by atoms with Crippen LogP contribution in [0.25, 0.3) is 0 Å². The lowest BCUT2D eigenvalue weighted by Crippen LogP contribution is -2.35. The highest BCUT2D eigenvalue weighted by Crippen LogP contribution is 2.02. The summed E-state index contributed by atoms with van der Waals surface area (Å²) in [4.78, 5) is 12.5. The SMILES string of the molecule is CC(C)CN(CC(=O)O)CC(C)C. The number of hydrogen-bond donors (Lipinski definition) is 1. The molecule has 0 atom stereocenters. The van der Waals surface area contributed by atoms with Crippen molar-refractivity contribution in [1.29, 1.82) is 0 Å². The Morgan fingerprint density at radius 3 is 1.77 bits per heavy atom. The van der Waals surface area contributed by atoms with Crippen molar-refractivity contribution in [1.82, 2.24) is 4.90 Å². The van der Waals surface area contributed by atoms with Gasteiger partial charge < -0.3 is 5.11 Å². The van der Waals surface area contributed by atoms with Crippen molar-refractivity contribution < 1.29 is 9.90 Å². The number of carboxylic acids is 1. The van der Waals surface area contributed by atoms with E-state index in [0.29, 0.717) is 11.8 Å². The van der Waals surface area contributed by atoms with E-state index in [9.17, 15) is 4.79 Å². The molecule has 13 heavy (non-hydrogen) atoms. The van der Waals surface area contributed by atoms with E-state index in [1.54, 1.807) is 0 Å². The van der Waals surface area contributed by atoms with E-state index < -0.39 is 5.97 Å². The smallest absolute Gasteiger partial charge is 0.317 e. The van der Waals surface area contributed by atoms with Gasteiger partial charge in [-0.3, -0.25) is 9.69 Å². The van der Waals surface area contributed by atoms with Crippen LogP contribution in [0, 0.1) is 11.8 Å². The van der Waals surface area contributed by atoms with Crippen molar-refractivity contribution in [3.63, 3.8) is 0 Å². The zero-order valence-corrected chi connectivity index (χ0v) is 9.08. The summed E-state index contributed by atoms with van der Waals surface area (Å²) in [7, 11) is 0. The summed E-state index contributed by atoms with van der Waals surface area (Å²) in [6.07, 6.45) is 0. The van der Waals surface area contributed by atoms with Gasteiger partial charge in [0, 0.05) is 13.1 Å². The van der Waals surface area contributed by atoms with Gasteiger partial charge in [0.2, 0.25) is 0 Å². The first-order chi connectivity index (χ1) is 5.91. The first-order valence-corrected chi connectivity index (χ1v) is 4.86. The number of hydrogen-bond acceptors (Lipinski definition) is 2. The van der Waals surface area contributed by atoms with Crippen LogP contribution in [0.5, 0.6) is 0 Å². The average molecular weight is 187 g/mol. The van der Waals surface area contributed by atoms with Gasteiger partial charge in [-0.1, -0.05) is 27.7 Å². The predicted molar refractivity (Wildman–Crippen MR) is 53.8 cm³/mol. The van der Waals surface area contributed by atoms with Crippen LogP contribution < -0.4 is 0 Å². The third-order valence-corrected chi connectivity index (χ3v) is 1.61. The van der Waals surface area contributed by atoms with Crippen molar-refractivity contribution in [2.75, 3.05) is 19.6 Å². The van der Waals surface area contributed by atoms with Crippen LogP contribution in [0.3, 0.4) is 0 Å². The van der Waals surface area contributed by atoms with Gasteiger partial charge in [-0.25, -0.2) is 0 Å². The van der Waals surface area contributed by atoms with Gasteiger partial charge in [-0.15, -0.1) is 0 Å². The maximum Gasteiger partial charge on any atom is 0.317 e. The molecular weight excluding hydrogens is 166 g/mol. The highest BCUT2D eigenvalue weighted by Gasteiger charge is 2.12. The molecule has 0 fully saturated rings. The molecule has 0 saturated heterocycles. The number of aliphatic carboxylic acids is 1. The topological polar surface area (TPSA) is 40.5 Å². The van der Waals surface area contributed by atoms with E-state index in [1.807, 2.05) is 4.90 Å². The normalized spacial score (nSPS) is 11.6. The predicted octanol–water partition coefficient (Wildman–Crippen LogP) is 1.68. The fourth-order valence-electron chi connectivity index (χ4n) is 1.43. The largest absolute Gasteiger partial charge is 0.480 e. The molecule has 0 unspecified atom stereocenters. The summed E-state index contributed by atoms with van der Waals surface area (Å²) in [5.41, 5.74) is 0. The van der Waals surface area contributed by atoms with Gasteiger partial charge >= 0.3 is 5.97 Å². The van der Waals surface area contributed by atoms with Gasteiger partial charge in [-0.05, 0) is 11.8 Å². The fraction of sp³-hybridized carbons (Fsp3) is 0.900. The maximum atomic E-state index is 10.5. The van der Waals surface area contributed by atoms with E-state index in [-0.39, 0.29) is 6.54 Å². The van der Waals surface area contributed by atoms with Gasteiger partial charge in [0.15, 0.2) is 0 Å². The maximum absolute atomic E-state index is 10.5. The molecule has 3 heteroatoms. The van der Waals surface area contributed by atoms with Crippen LogP contribution in [-0.4, -0.2) is 35.6 Å². The van der Waals surface area contributed by atoms with Crippen LogP contribution in [-0.2, 0) is 4.79 Å². The Morgan fingerprint density at radius 1 is 1.15 bits per heavy atom. The van der Waals surface area contributed by atoms with E-state index in [4.69, 9.17) is 5.11 Å². The zero-order chi connectivity index (χ0) is 10.4. The van der Waals surface area contributed by atoms with Gasteiger partial charge in [0.1, 0.15) is 0 Å². The molecule has 0 spiro atoms. The summed E-state index contributed by atoms with van der Waals surface area (Å²) in [6.45, 7) is 10.3. The van der Waals surface area contributed by atoms with Gasteiger partial charge in [-0.2, -0.15) is 0 Å². The Labute approximate surface area is 80.7 Å². The Bertz CT molecular complexity index is 145.